The molecule has 4 aromatic rings. The standard InChI is InChI=1S/C21H17N5OS/c1-13-3-4-14(5-7-21(2,27)20-24-9-10-28-20)11-16(13)19-25-12-15-6-8-23-18(22)17(15)26-19/h3-4,6,8-12,27H,1-2H3,(H2,22,23). The average Bonchev–Trinajstić information content (AvgIpc) is 3.23. The summed E-state index contributed by atoms with van der Waals surface area (Å²) in [7, 11) is 0. The first kappa shape index (κ1) is 18.0. The molecule has 3 N–H and O–H groups in total. The van der Waals surface area contributed by atoms with E-state index >= 15 is 0 Å². The molecule has 0 saturated heterocycles. The van der Waals surface area contributed by atoms with E-state index in [9.17, 15) is 5.11 Å². The first-order valence-electron chi connectivity index (χ1n) is 8.58. The normalized spacial score (nSPS) is 13.0. The first-order chi connectivity index (χ1) is 13.4. The predicted octanol–water partition coefficient (Wildman–Crippen LogP) is 3.30. The number of pyridine rings is 1. The lowest BCUT2D eigenvalue weighted by molar-refractivity contribution is 0.122. The SMILES string of the molecule is Cc1ccc(C#CC(C)(O)c2nccs2)cc1-c1ncc2ccnc(N)c2n1. The first-order valence-corrected chi connectivity index (χ1v) is 9.46. The highest BCUT2D eigenvalue weighted by atomic mass is 32.1. The molecule has 0 amide bonds. The Balaban J connectivity index is 1.75. The van der Waals surface area contributed by atoms with Crippen LogP contribution in [0, 0.1) is 18.8 Å². The Kier molecular flexibility index (Phi) is 4.51. The zero-order chi connectivity index (χ0) is 19.7. The molecule has 0 radical (unpaired) electrons. The van der Waals surface area contributed by atoms with E-state index in [0.29, 0.717) is 22.2 Å². The Morgan fingerprint density at radius 1 is 1.14 bits per heavy atom. The van der Waals surface area contributed by atoms with Crippen LogP contribution < -0.4 is 5.73 Å². The number of fused-ring (bicyclic) bond motifs is 1. The average molecular weight is 387 g/mol. The molecule has 7 heteroatoms. The summed E-state index contributed by atoms with van der Waals surface area (Å²) < 4.78 is 0. The number of hydrogen-bond donors (Lipinski definition) is 2. The molecule has 0 spiro atoms. The summed E-state index contributed by atoms with van der Waals surface area (Å²) >= 11 is 1.37. The summed E-state index contributed by atoms with van der Waals surface area (Å²) in [6.07, 6.45) is 5.02. The molecule has 1 aromatic carbocycles. The fraction of sp³-hybridized carbons (Fsp3) is 0.143. The molecular weight excluding hydrogens is 370 g/mol. The Bertz CT molecular complexity index is 1220. The largest absolute Gasteiger partial charge is 0.382 e. The lowest BCUT2D eigenvalue weighted by Gasteiger charge is -2.12. The van der Waals surface area contributed by atoms with Gasteiger partial charge < -0.3 is 10.8 Å². The van der Waals surface area contributed by atoms with Crippen LogP contribution in [0.4, 0.5) is 5.82 Å². The van der Waals surface area contributed by atoms with Crippen LogP contribution >= 0.6 is 11.3 Å². The molecule has 0 aliphatic rings. The maximum absolute atomic E-state index is 10.6. The van der Waals surface area contributed by atoms with Gasteiger partial charge in [-0.2, -0.15) is 0 Å². The molecule has 4 rings (SSSR count). The van der Waals surface area contributed by atoms with Crippen molar-refractivity contribution in [3.8, 4) is 23.2 Å². The summed E-state index contributed by atoms with van der Waals surface area (Å²) in [6, 6.07) is 7.59. The number of thiazole rings is 1. The zero-order valence-corrected chi connectivity index (χ0v) is 16.2. The number of nitrogens with zero attached hydrogens (tertiary/aromatic N) is 4. The van der Waals surface area contributed by atoms with Crippen molar-refractivity contribution in [1.29, 1.82) is 0 Å². The second kappa shape index (κ2) is 7.00. The monoisotopic (exact) mass is 387 g/mol. The van der Waals surface area contributed by atoms with Crippen molar-refractivity contribution in [2.75, 3.05) is 5.73 Å². The fourth-order valence-electron chi connectivity index (χ4n) is 2.76. The maximum atomic E-state index is 10.6. The smallest absolute Gasteiger partial charge is 0.174 e. The molecule has 3 heterocycles. The van der Waals surface area contributed by atoms with Gasteiger partial charge in [-0.25, -0.2) is 19.9 Å². The predicted molar refractivity (Wildman–Crippen MR) is 110 cm³/mol. The summed E-state index contributed by atoms with van der Waals surface area (Å²) in [5, 5.41) is 13.8. The van der Waals surface area contributed by atoms with Crippen molar-refractivity contribution in [2.45, 2.75) is 19.4 Å². The lowest BCUT2D eigenvalue weighted by Crippen LogP contribution is -2.17. The van der Waals surface area contributed by atoms with Gasteiger partial charge in [0.25, 0.3) is 0 Å². The van der Waals surface area contributed by atoms with Gasteiger partial charge in [-0.15, -0.1) is 11.3 Å². The Morgan fingerprint density at radius 2 is 2.00 bits per heavy atom. The van der Waals surface area contributed by atoms with Crippen molar-refractivity contribution in [3.05, 3.63) is 64.4 Å². The van der Waals surface area contributed by atoms with Gasteiger partial charge in [0, 0.05) is 40.5 Å². The third-order valence-corrected chi connectivity index (χ3v) is 5.29. The minimum atomic E-state index is -1.31. The van der Waals surface area contributed by atoms with E-state index < -0.39 is 5.60 Å². The third-order valence-electron chi connectivity index (χ3n) is 4.30. The highest BCUT2D eigenvalue weighted by molar-refractivity contribution is 7.09. The number of rotatable bonds is 2. The van der Waals surface area contributed by atoms with E-state index in [0.717, 1.165) is 22.1 Å². The highest BCUT2D eigenvalue weighted by Gasteiger charge is 2.22. The van der Waals surface area contributed by atoms with Gasteiger partial charge in [0.05, 0.1) is 0 Å². The van der Waals surface area contributed by atoms with E-state index in [4.69, 9.17) is 5.73 Å². The molecule has 1 atom stereocenters. The van der Waals surface area contributed by atoms with Crippen LogP contribution in [-0.2, 0) is 5.60 Å². The number of aromatic nitrogens is 4. The van der Waals surface area contributed by atoms with E-state index in [1.54, 1.807) is 25.5 Å². The Hall–Kier alpha value is -3.34. The molecule has 3 aromatic heterocycles. The van der Waals surface area contributed by atoms with Crippen LogP contribution in [0.15, 0.2) is 48.2 Å². The number of nitrogen functional groups attached to an aromatic ring is 1. The summed E-state index contributed by atoms with van der Waals surface area (Å²) in [5.74, 6) is 6.86. The van der Waals surface area contributed by atoms with Crippen molar-refractivity contribution in [3.63, 3.8) is 0 Å². The maximum Gasteiger partial charge on any atom is 0.174 e. The van der Waals surface area contributed by atoms with Gasteiger partial charge in [0.1, 0.15) is 16.3 Å². The molecule has 138 valence electrons. The molecular formula is C21H17N5OS. The Labute approximate surface area is 166 Å². The van der Waals surface area contributed by atoms with Crippen LogP contribution in [0.3, 0.4) is 0 Å². The molecule has 0 aliphatic heterocycles. The second-order valence-corrected chi connectivity index (χ2v) is 7.41. The molecule has 0 bridgehead atoms. The minimum Gasteiger partial charge on any atom is -0.382 e. The van der Waals surface area contributed by atoms with Crippen molar-refractivity contribution in [2.24, 2.45) is 0 Å². The number of benzene rings is 1. The van der Waals surface area contributed by atoms with E-state index in [2.05, 4.69) is 31.8 Å². The van der Waals surface area contributed by atoms with Gasteiger partial charge in [-0.1, -0.05) is 17.9 Å². The summed E-state index contributed by atoms with van der Waals surface area (Å²) in [4.78, 5) is 17.3. The van der Waals surface area contributed by atoms with Gasteiger partial charge >= 0.3 is 0 Å². The van der Waals surface area contributed by atoms with Crippen LogP contribution in [0.25, 0.3) is 22.3 Å². The topological polar surface area (TPSA) is 97.8 Å². The molecule has 6 nitrogen and oxygen atoms in total. The fourth-order valence-corrected chi connectivity index (χ4v) is 3.41. The van der Waals surface area contributed by atoms with Crippen molar-refractivity contribution >= 4 is 28.1 Å². The van der Waals surface area contributed by atoms with Crippen LogP contribution in [0.1, 0.15) is 23.1 Å². The van der Waals surface area contributed by atoms with Crippen LogP contribution in [-0.4, -0.2) is 25.0 Å². The van der Waals surface area contributed by atoms with Gasteiger partial charge in [-0.3, -0.25) is 0 Å². The lowest BCUT2D eigenvalue weighted by atomic mass is 10.0. The molecule has 28 heavy (non-hydrogen) atoms. The molecule has 0 fully saturated rings. The quantitative estimate of drug-likeness (QED) is 0.512. The van der Waals surface area contributed by atoms with E-state index in [1.807, 2.05) is 36.6 Å². The van der Waals surface area contributed by atoms with E-state index in [1.165, 1.54) is 11.3 Å². The number of anilines is 1. The zero-order valence-electron chi connectivity index (χ0n) is 15.3. The molecule has 0 aliphatic carbocycles. The Morgan fingerprint density at radius 3 is 2.79 bits per heavy atom. The van der Waals surface area contributed by atoms with Gasteiger partial charge in [0.15, 0.2) is 11.4 Å². The van der Waals surface area contributed by atoms with Crippen LogP contribution in [0.5, 0.6) is 0 Å². The van der Waals surface area contributed by atoms with Gasteiger partial charge in [0.2, 0.25) is 0 Å². The molecule has 1 unspecified atom stereocenters. The number of nitrogens with two attached hydrogens (primary N) is 1. The number of aryl methyl sites for hydroxylation is 1. The van der Waals surface area contributed by atoms with Crippen molar-refractivity contribution in [1.82, 2.24) is 19.9 Å². The highest BCUT2D eigenvalue weighted by Crippen LogP contribution is 2.25. The molecule has 0 saturated carbocycles. The summed E-state index contributed by atoms with van der Waals surface area (Å²) in [5.41, 5.74) is 7.89. The van der Waals surface area contributed by atoms with E-state index in [-0.39, 0.29) is 0 Å². The van der Waals surface area contributed by atoms with Crippen LogP contribution in [0.2, 0.25) is 0 Å². The number of aliphatic hydroxyl groups is 1. The third kappa shape index (κ3) is 3.43. The summed E-state index contributed by atoms with van der Waals surface area (Å²) in [6.45, 7) is 3.62. The second-order valence-electron chi connectivity index (χ2n) is 6.52. The minimum absolute atomic E-state index is 0.370. The number of hydrogen-bond acceptors (Lipinski definition) is 7. The van der Waals surface area contributed by atoms with Crippen molar-refractivity contribution < 1.29 is 5.11 Å². The van der Waals surface area contributed by atoms with Gasteiger partial charge in [-0.05, 0) is 37.6 Å².